The smallest absolute Gasteiger partial charge is 0.127 e. The molecule has 0 bridgehead atoms. The highest BCUT2D eigenvalue weighted by molar-refractivity contribution is 5.88. The summed E-state index contributed by atoms with van der Waals surface area (Å²) in [7, 11) is 0. The number of hydrogen-bond donors (Lipinski definition) is 1. The van der Waals surface area contributed by atoms with Gasteiger partial charge in [-0.1, -0.05) is 42.8 Å². The fourth-order valence-electron chi connectivity index (χ4n) is 3.04. The van der Waals surface area contributed by atoms with E-state index in [-0.39, 0.29) is 6.04 Å². The van der Waals surface area contributed by atoms with Gasteiger partial charge in [0.2, 0.25) is 0 Å². The molecule has 0 aliphatic carbocycles. The average Bonchev–Trinajstić information content (AvgIpc) is 2.54. The predicted octanol–water partition coefficient (Wildman–Crippen LogP) is 3.03. The Morgan fingerprint density at radius 2 is 1.76 bits per heavy atom. The monoisotopic (exact) mass is 284 g/mol. The molecule has 3 rings (SSSR count). The van der Waals surface area contributed by atoms with Crippen molar-refractivity contribution in [1.82, 2.24) is 4.90 Å². The standard InChI is InChI=1S/C18H24N2O/c19-16(13-20-11-4-1-5-12-20)14-21-18-10-6-8-15-7-2-3-9-17(15)18/h2-3,6-10,16H,1,4-5,11-14,19H2. The predicted molar refractivity (Wildman–Crippen MR) is 87.7 cm³/mol. The molecule has 1 heterocycles. The van der Waals surface area contributed by atoms with Gasteiger partial charge in [-0.25, -0.2) is 0 Å². The second-order valence-corrected chi connectivity index (χ2v) is 5.91. The lowest BCUT2D eigenvalue weighted by atomic mass is 10.1. The molecule has 2 N–H and O–H groups in total. The maximum absolute atomic E-state index is 6.23. The van der Waals surface area contributed by atoms with Crippen LogP contribution in [0.2, 0.25) is 0 Å². The molecule has 1 fully saturated rings. The van der Waals surface area contributed by atoms with Gasteiger partial charge >= 0.3 is 0 Å². The minimum Gasteiger partial charge on any atom is -0.491 e. The van der Waals surface area contributed by atoms with E-state index in [0.29, 0.717) is 6.61 Å². The van der Waals surface area contributed by atoms with Crippen LogP contribution in [-0.2, 0) is 0 Å². The van der Waals surface area contributed by atoms with Crippen molar-refractivity contribution in [2.75, 3.05) is 26.2 Å². The second kappa shape index (κ2) is 6.92. The number of hydrogen-bond acceptors (Lipinski definition) is 3. The molecular weight excluding hydrogens is 260 g/mol. The summed E-state index contributed by atoms with van der Waals surface area (Å²) in [6.07, 6.45) is 3.96. The van der Waals surface area contributed by atoms with Gasteiger partial charge in [-0.2, -0.15) is 0 Å². The number of nitrogens with zero attached hydrogens (tertiary/aromatic N) is 1. The zero-order chi connectivity index (χ0) is 14.5. The molecule has 1 atom stereocenters. The van der Waals surface area contributed by atoms with E-state index in [9.17, 15) is 0 Å². The van der Waals surface area contributed by atoms with Gasteiger partial charge in [-0.05, 0) is 37.4 Å². The molecule has 112 valence electrons. The van der Waals surface area contributed by atoms with E-state index in [4.69, 9.17) is 10.5 Å². The van der Waals surface area contributed by atoms with Crippen molar-refractivity contribution in [2.24, 2.45) is 5.73 Å². The van der Waals surface area contributed by atoms with E-state index in [0.717, 1.165) is 17.7 Å². The first-order chi connectivity index (χ1) is 10.3. The number of benzene rings is 2. The number of piperidine rings is 1. The van der Waals surface area contributed by atoms with Crippen LogP contribution in [0.5, 0.6) is 5.75 Å². The molecule has 2 aromatic rings. The maximum Gasteiger partial charge on any atom is 0.127 e. The molecular formula is C18H24N2O. The quantitative estimate of drug-likeness (QED) is 0.917. The van der Waals surface area contributed by atoms with E-state index >= 15 is 0 Å². The van der Waals surface area contributed by atoms with Crippen molar-refractivity contribution in [3.05, 3.63) is 42.5 Å². The van der Waals surface area contributed by atoms with E-state index in [1.165, 1.54) is 37.7 Å². The Labute approximate surface area is 126 Å². The molecule has 3 nitrogen and oxygen atoms in total. The average molecular weight is 284 g/mol. The Bertz CT molecular complexity index is 573. The van der Waals surface area contributed by atoms with E-state index in [2.05, 4.69) is 23.1 Å². The summed E-state index contributed by atoms with van der Waals surface area (Å²) in [4.78, 5) is 2.46. The first kappa shape index (κ1) is 14.4. The number of ether oxygens (including phenoxy) is 1. The molecule has 0 saturated carbocycles. The Kier molecular flexibility index (Phi) is 4.73. The van der Waals surface area contributed by atoms with Crippen molar-refractivity contribution in [2.45, 2.75) is 25.3 Å². The van der Waals surface area contributed by atoms with Crippen LogP contribution in [0.25, 0.3) is 10.8 Å². The van der Waals surface area contributed by atoms with E-state index in [1.807, 2.05) is 24.3 Å². The fraction of sp³-hybridized carbons (Fsp3) is 0.444. The summed E-state index contributed by atoms with van der Waals surface area (Å²) in [6.45, 7) is 3.87. The van der Waals surface area contributed by atoms with Gasteiger partial charge in [0.05, 0.1) is 6.04 Å². The minimum atomic E-state index is 0.0714. The van der Waals surface area contributed by atoms with E-state index < -0.39 is 0 Å². The molecule has 2 aromatic carbocycles. The third-order valence-corrected chi connectivity index (χ3v) is 4.14. The lowest BCUT2D eigenvalue weighted by Gasteiger charge is -2.28. The fourth-order valence-corrected chi connectivity index (χ4v) is 3.04. The van der Waals surface area contributed by atoms with Crippen LogP contribution in [0.15, 0.2) is 42.5 Å². The molecule has 0 spiro atoms. The lowest BCUT2D eigenvalue weighted by Crippen LogP contribution is -2.43. The largest absolute Gasteiger partial charge is 0.491 e. The molecule has 1 saturated heterocycles. The van der Waals surface area contributed by atoms with Gasteiger partial charge in [0.25, 0.3) is 0 Å². The van der Waals surface area contributed by atoms with Gasteiger partial charge in [0.1, 0.15) is 12.4 Å². The molecule has 1 aliphatic rings. The second-order valence-electron chi connectivity index (χ2n) is 5.91. The van der Waals surface area contributed by atoms with Crippen LogP contribution in [0, 0.1) is 0 Å². The zero-order valence-corrected chi connectivity index (χ0v) is 12.5. The Morgan fingerprint density at radius 3 is 2.62 bits per heavy atom. The van der Waals surface area contributed by atoms with Crippen LogP contribution in [0.4, 0.5) is 0 Å². The number of likely N-dealkylation sites (tertiary alicyclic amines) is 1. The molecule has 21 heavy (non-hydrogen) atoms. The highest BCUT2D eigenvalue weighted by Crippen LogP contribution is 2.25. The van der Waals surface area contributed by atoms with Crippen molar-refractivity contribution in [3.8, 4) is 5.75 Å². The number of nitrogens with two attached hydrogens (primary N) is 1. The lowest BCUT2D eigenvalue weighted by molar-refractivity contribution is 0.188. The van der Waals surface area contributed by atoms with Gasteiger partial charge in [0.15, 0.2) is 0 Å². The topological polar surface area (TPSA) is 38.5 Å². The highest BCUT2D eigenvalue weighted by Gasteiger charge is 2.14. The SMILES string of the molecule is NC(COc1cccc2ccccc12)CN1CCCCC1. The summed E-state index contributed by atoms with van der Waals surface area (Å²) < 4.78 is 5.97. The summed E-state index contributed by atoms with van der Waals surface area (Å²) in [6, 6.07) is 14.5. The van der Waals surface area contributed by atoms with Crippen molar-refractivity contribution >= 4 is 10.8 Å². The molecule has 3 heteroatoms. The van der Waals surface area contributed by atoms with Crippen LogP contribution >= 0.6 is 0 Å². The third kappa shape index (κ3) is 3.74. The summed E-state index contributed by atoms with van der Waals surface area (Å²) in [5, 5.41) is 2.37. The number of rotatable bonds is 5. The Morgan fingerprint density at radius 1 is 1.00 bits per heavy atom. The molecule has 0 amide bonds. The highest BCUT2D eigenvalue weighted by atomic mass is 16.5. The minimum absolute atomic E-state index is 0.0714. The first-order valence-corrected chi connectivity index (χ1v) is 7.91. The summed E-state index contributed by atoms with van der Waals surface area (Å²) in [5.41, 5.74) is 6.23. The van der Waals surface area contributed by atoms with E-state index in [1.54, 1.807) is 0 Å². The van der Waals surface area contributed by atoms with Crippen molar-refractivity contribution < 1.29 is 4.74 Å². The van der Waals surface area contributed by atoms with Gasteiger partial charge < -0.3 is 15.4 Å². The maximum atomic E-state index is 6.23. The van der Waals surface area contributed by atoms with Gasteiger partial charge in [-0.15, -0.1) is 0 Å². The summed E-state index contributed by atoms with van der Waals surface area (Å²) >= 11 is 0. The van der Waals surface area contributed by atoms with Crippen LogP contribution in [-0.4, -0.2) is 37.2 Å². The zero-order valence-electron chi connectivity index (χ0n) is 12.5. The van der Waals surface area contributed by atoms with Gasteiger partial charge in [0, 0.05) is 11.9 Å². The van der Waals surface area contributed by atoms with Crippen molar-refractivity contribution in [1.29, 1.82) is 0 Å². The third-order valence-electron chi connectivity index (χ3n) is 4.14. The summed E-state index contributed by atoms with van der Waals surface area (Å²) in [5.74, 6) is 0.933. The molecule has 1 aliphatic heterocycles. The molecule has 0 radical (unpaired) electrons. The Balaban J connectivity index is 1.58. The Hall–Kier alpha value is -1.58. The van der Waals surface area contributed by atoms with Crippen LogP contribution in [0.3, 0.4) is 0 Å². The normalized spacial score (nSPS) is 17.8. The molecule has 0 aromatic heterocycles. The van der Waals surface area contributed by atoms with Crippen LogP contribution < -0.4 is 10.5 Å². The molecule has 1 unspecified atom stereocenters. The first-order valence-electron chi connectivity index (χ1n) is 7.91. The van der Waals surface area contributed by atoms with Crippen molar-refractivity contribution in [3.63, 3.8) is 0 Å². The van der Waals surface area contributed by atoms with Gasteiger partial charge in [-0.3, -0.25) is 0 Å². The number of fused-ring (bicyclic) bond motifs is 1. The van der Waals surface area contributed by atoms with Crippen LogP contribution in [0.1, 0.15) is 19.3 Å².